The zero-order chi connectivity index (χ0) is 50.4. The van der Waals surface area contributed by atoms with Crippen molar-refractivity contribution < 1.29 is 52.5 Å². The maximum Gasteiger partial charge on any atom is 0.253 e. The Bertz CT molecular complexity index is 1920. The van der Waals surface area contributed by atoms with Crippen molar-refractivity contribution in [2.45, 2.75) is 134 Å². The van der Waals surface area contributed by atoms with Gasteiger partial charge in [0.1, 0.15) is 12.1 Å². The summed E-state index contributed by atoms with van der Waals surface area (Å²) in [6, 6.07) is 6.95. The number of rotatable bonds is 28. The number of ether oxygens (including phenoxy) is 4. The lowest BCUT2D eigenvalue weighted by Gasteiger charge is -2.41. The fourth-order valence-electron chi connectivity index (χ4n) is 10.7. The molecule has 2 bridgehead atoms. The van der Waals surface area contributed by atoms with Gasteiger partial charge in [0.2, 0.25) is 29.5 Å². The molecule has 3 fully saturated rings. The topological polar surface area (TPSA) is 205 Å². The van der Waals surface area contributed by atoms with Crippen LogP contribution in [-0.4, -0.2) is 184 Å². The number of carbonyl (C=O) groups is 7. The number of methoxy groups -OCH3 is 2. The molecule has 3 heterocycles. The van der Waals surface area contributed by atoms with Crippen molar-refractivity contribution in [3.63, 3.8) is 0 Å². The van der Waals surface area contributed by atoms with Crippen molar-refractivity contribution in [1.29, 1.82) is 0 Å². The van der Waals surface area contributed by atoms with Crippen LogP contribution >= 0.6 is 0 Å². The molecule has 0 spiro atoms. The first-order valence-corrected chi connectivity index (χ1v) is 25.0. The number of hydrogen-bond acceptors (Lipinski definition) is 12. The third kappa shape index (κ3) is 14.2. The van der Waals surface area contributed by atoms with Gasteiger partial charge in [-0.1, -0.05) is 71.4 Å². The Hall–Kier alpha value is -4.75. The second kappa shape index (κ2) is 26.5. The summed E-state index contributed by atoms with van der Waals surface area (Å²) in [6.07, 6.45) is 6.46. The highest BCUT2D eigenvalue weighted by Gasteiger charge is 2.49. The number of benzene rings is 1. The van der Waals surface area contributed by atoms with Crippen LogP contribution in [0.3, 0.4) is 0 Å². The predicted octanol–water partition coefficient (Wildman–Crippen LogP) is 2.33. The number of amides is 7. The Morgan fingerprint density at radius 3 is 2.14 bits per heavy atom. The van der Waals surface area contributed by atoms with Gasteiger partial charge in [0, 0.05) is 59.0 Å². The first-order chi connectivity index (χ1) is 33.0. The monoisotopic (exact) mass is 966 g/mol. The van der Waals surface area contributed by atoms with Crippen LogP contribution in [-0.2, 0) is 58.9 Å². The van der Waals surface area contributed by atoms with Gasteiger partial charge in [-0.15, -0.1) is 0 Å². The van der Waals surface area contributed by atoms with Crippen molar-refractivity contribution in [3.8, 4) is 0 Å². The number of carbonyl (C=O) groups excluding carboxylic acids is 7. The van der Waals surface area contributed by atoms with E-state index in [9.17, 15) is 33.6 Å². The summed E-state index contributed by atoms with van der Waals surface area (Å²) in [6.45, 7) is 11.3. The van der Waals surface area contributed by atoms with Gasteiger partial charge >= 0.3 is 0 Å². The molecule has 18 nitrogen and oxygen atoms in total. The third-order valence-electron chi connectivity index (χ3n) is 14.9. The third-order valence-corrected chi connectivity index (χ3v) is 14.9. The fourth-order valence-corrected chi connectivity index (χ4v) is 10.7. The predicted molar refractivity (Wildman–Crippen MR) is 258 cm³/mol. The first kappa shape index (κ1) is 55.2. The average molecular weight is 966 g/mol. The summed E-state index contributed by atoms with van der Waals surface area (Å²) in [4.78, 5) is 100. The smallest absolute Gasteiger partial charge is 0.253 e. The molecule has 69 heavy (non-hydrogen) atoms. The molecule has 1 aliphatic carbocycles. The maximum atomic E-state index is 14.5. The first-order valence-electron chi connectivity index (χ1n) is 25.0. The van der Waals surface area contributed by atoms with Crippen LogP contribution in [0.25, 0.3) is 0 Å². The molecule has 4 aliphatic rings. The fraction of sp³-hybridized carbons (Fsp3) is 0.706. The highest BCUT2D eigenvalue weighted by Crippen LogP contribution is 2.41. The van der Waals surface area contributed by atoms with Gasteiger partial charge in [-0.3, -0.25) is 43.4 Å². The van der Waals surface area contributed by atoms with Crippen LogP contribution in [0.1, 0.15) is 85.1 Å². The molecule has 1 aromatic rings. The number of nitrogens with one attached hydrogen (secondary N) is 3. The van der Waals surface area contributed by atoms with Crippen LogP contribution in [0.2, 0.25) is 0 Å². The molecule has 2 saturated heterocycles. The Morgan fingerprint density at radius 1 is 0.855 bits per heavy atom. The normalized spacial score (nSPS) is 23.2. The highest BCUT2D eigenvalue weighted by molar-refractivity contribution is 6.12. The van der Waals surface area contributed by atoms with E-state index < -0.39 is 48.2 Å². The van der Waals surface area contributed by atoms with Gasteiger partial charge in [-0.25, -0.2) is 0 Å². The number of fused-ring (bicyclic) bond motifs is 2. The van der Waals surface area contributed by atoms with Gasteiger partial charge < -0.3 is 44.7 Å². The number of piperidine rings is 1. The van der Waals surface area contributed by atoms with E-state index in [0.29, 0.717) is 31.3 Å². The van der Waals surface area contributed by atoms with Crippen molar-refractivity contribution in [3.05, 3.63) is 48.0 Å². The van der Waals surface area contributed by atoms with E-state index in [-0.39, 0.29) is 106 Å². The number of hydrogen-bond donors (Lipinski definition) is 3. The SMILES string of the molecule is CC[C@H](C)[C@@H]([C@@H](CC(=O)N1CCC[C@H]1[C@H](OC)[C@@H](C)C(=O)N[C@@H](Cc1ccccc1)C(=O)NCCOCCOCCN1C(=O)C=CC1=O)OC)N(C)C(=O)[C@@H](NC(=O)[C@@H]1[C@H]2CC[C@H](C2)N1C)C(C)C. The molecule has 384 valence electrons. The summed E-state index contributed by atoms with van der Waals surface area (Å²) in [5.41, 5.74) is 0.853. The Labute approximate surface area is 408 Å². The van der Waals surface area contributed by atoms with Gasteiger partial charge in [0.25, 0.3) is 11.8 Å². The van der Waals surface area contributed by atoms with E-state index in [2.05, 4.69) is 20.9 Å². The average Bonchev–Trinajstić information content (AvgIpc) is 4.15. The summed E-state index contributed by atoms with van der Waals surface area (Å²) in [5, 5.41) is 8.96. The van der Waals surface area contributed by atoms with Crippen molar-refractivity contribution in [1.82, 2.24) is 35.6 Å². The minimum Gasteiger partial charge on any atom is -0.379 e. The number of nitrogens with zero attached hydrogens (tertiary/aromatic N) is 4. The lowest BCUT2D eigenvalue weighted by molar-refractivity contribution is -0.148. The molecular weight excluding hydrogens is 887 g/mol. The van der Waals surface area contributed by atoms with Crippen molar-refractivity contribution >= 4 is 41.4 Å². The molecule has 0 aromatic heterocycles. The van der Waals surface area contributed by atoms with Crippen LogP contribution in [0, 0.1) is 23.7 Å². The molecule has 3 aliphatic heterocycles. The highest BCUT2D eigenvalue weighted by atomic mass is 16.5. The lowest BCUT2D eigenvalue weighted by atomic mass is 9.89. The summed E-state index contributed by atoms with van der Waals surface area (Å²) >= 11 is 0. The maximum absolute atomic E-state index is 14.5. The number of imide groups is 1. The minimum atomic E-state index is -0.919. The largest absolute Gasteiger partial charge is 0.379 e. The minimum absolute atomic E-state index is 0.0116. The summed E-state index contributed by atoms with van der Waals surface area (Å²) in [5.74, 6) is -2.71. The van der Waals surface area contributed by atoms with E-state index in [1.165, 1.54) is 19.3 Å². The van der Waals surface area contributed by atoms with Gasteiger partial charge in [-0.05, 0) is 62.5 Å². The van der Waals surface area contributed by atoms with E-state index in [4.69, 9.17) is 18.9 Å². The molecule has 5 rings (SSSR count). The second-order valence-electron chi connectivity index (χ2n) is 19.6. The number of likely N-dealkylation sites (tertiary alicyclic amines) is 2. The van der Waals surface area contributed by atoms with E-state index in [0.717, 1.165) is 36.1 Å². The molecule has 7 amide bonds. The molecule has 18 heteroatoms. The van der Waals surface area contributed by atoms with Crippen LogP contribution in [0.4, 0.5) is 0 Å². The number of likely N-dealkylation sites (N-methyl/N-ethyl adjacent to an activating group) is 2. The van der Waals surface area contributed by atoms with Crippen molar-refractivity contribution in [2.75, 3.05) is 74.4 Å². The van der Waals surface area contributed by atoms with Crippen LogP contribution in [0.15, 0.2) is 42.5 Å². The summed E-state index contributed by atoms with van der Waals surface area (Å²) in [7, 11) is 6.83. The lowest BCUT2D eigenvalue weighted by Crippen LogP contribution is -2.60. The van der Waals surface area contributed by atoms with Gasteiger partial charge in [-0.2, -0.15) is 0 Å². The van der Waals surface area contributed by atoms with Gasteiger partial charge in [0.05, 0.1) is 75.6 Å². The Balaban J connectivity index is 1.17. The van der Waals surface area contributed by atoms with Gasteiger partial charge in [0.15, 0.2) is 0 Å². The van der Waals surface area contributed by atoms with E-state index in [1.54, 1.807) is 30.9 Å². The summed E-state index contributed by atoms with van der Waals surface area (Å²) < 4.78 is 23.2. The Kier molecular flexibility index (Phi) is 21.2. The van der Waals surface area contributed by atoms with Crippen LogP contribution in [0.5, 0.6) is 0 Å². The molecule has 3 N–H and O–H groups in total. The molecule has 0 unspecified atom stereocenters. The molecule has 1 saturated carbocycles. The molecule has 11 atom stereocenters. The van der Waals surface area contributed by atoms with Crippen molar-refractivity contribution in [2.24, 2.45) is 23.7 Å². The standard InChI is InChI=1S/C51H79N7O11/c1-10-33(4)45(56(7)51(65)44(32(2)3)54-50(64)46-36-18-19-37(30-36)55(46)6)40(66-8)31-43(61)57-23-14-17-39(57)47(67-9)34(5)48(62)53-38(29-35-15-12-11-13-16-35)49(63)52-22-25-68-27-28-69-26-24-58-41(59)20-21-42(58)60/h11-13,15-16,20-21,32-34,36-40,44-47H,10,14,17-19,22-31H2,1-9H3,(H,52,63)(H,53,62)(H,54,64)/t33-,34+,36-,37+,38-,39-,40+,44-,45-,46-,47+/m0/s1. The quantitative estimate of drug-likeness (QED) is 0.0819. The van der Waals surface area contributed by atoms with E-state index >= 15 is 0 Å². The second-order valence-corrected chi connectivity index (χ2v) is 19.6. The molecular formula is C51H79N7O11. The zero-order valence-corrected chi connectivity index (χ0v) is 42.4. The van der Waals surface area contributed by atoms with E-state index in [1.807, 2.05) is 65.1 Å². The zero-order valence-electron chi connectivity index (χ0n) is 42.4. The molecule has 1 aromatic carbocycles. The molecule has 0 radical (unpaired) electrons. The van der Waals surface area contributed by atoms with Crippen LogP contribution < -0.4 is 16.0 Å². The Morgan fingerprint density at radius 2 is 1.54 bits per heavy atom.